The van der Waals surface area contributed by atoms with Gasteiger partial charge in [0.05, 0.1) is 17.3 Å². The van der Waals surface area contributed by atoms with Crippen molar-refractivity contribution in [2.75, 3.05) is 12.4 Å². The van der Waals surface area contributed by atoms with Crippen molar-refractivity contribution in [3.8, 4) is 22.1 Å². The Bertz CT molecular complexity index is 1520. The van der Waals surface area contributed by atoms with E-state index in [2.05, 4.69) is 42.6 Å². The largest absolute Gasteiger partial charge is 0.493 e. The molecule has 0 spiro atoms. The highest BCUT2D eigenvalue weighted by Crippen LogP contribution is 2.35. The molecule has 7 heteroatoms. The molecule has 0 bridgehead atoms. The SMILES string of the molecule is COc1cc(CNc2ccc(-c3nc4ccc(C)cc4s3)cc2)c(Cl)cc1OCc1ccccc1F. The highest BCUT2D eigenvalue weighted by molar-refractivity contribution is 7.21. The number of benzene rings is 4. The average molecular weight is 519 g/mol. The number of aryl methyl sites for hydroxylation is 1. The third kappa shape index (κ3) is 5.30. The van der Waals surface area contributed by atoms with Gasteiger partial charge in [-0.25, -0.2) is 9.37 Å². The van der Waals surface area contributed by atoms with Crippen molar-refractivity contribution >= 4 is 38.8 Å². The highest BCUT2D eigenvalue weighted by Gasteiger charge is 2.13. The predicted octanol–water partition coefficient (Wildman–Crippen LogP) is 8.26. The minimum absolute atomic E-state index is 0.0809. The number of aromatic nitrogens is 1. The number of anilines is 1. The van der Waals surface area contributed by atoms with E-state index in [1.54, 1.807) is 42.7 Å². The Labute approximate surface area is 218 Å². The minimum atomic E-state index is -0.312. The molecule has 0 atom stereocenters. The molecule has 0 saturated heterocycles. The number of hydrogen-bond donors (Lipinski definition) is 1. The highest BCUT2D eigenvalue weighted by atomic mass is 35.5. The summed E-state index contributed by atoms with van der Waals surface area (Å²) < 4.78 is 26.4. The molecule has 4 aromatic carbocycles. The van der Waals surface area contributed by atoms with Crippen LogP contribution in [0.3, 0.4) is 0 Å². The number of methoxy groups -OCH3 is 1. The van der Waals surface area contributed by atoms with Gasteiger partial charge in [0.25, 0.3) is 0 Å². The molecule has 1 heterocycles. The van der Waals surface area contributed by atoms with E-state index in [-0.39, 0.29) is 12.4 Å². The van der Waals surface area contributed by atoms with Crippen LogP contribution in [0.5, 0.6) is 11.5 Å². The van der Waals surface area contributed by atoms with Crippen LogP contribution in [-0.4, -0.2) is 12.1 Å². The average Bonchev–Trinajstić information content (AvgIpc) is 3.31. The van der Waals surface area contributed by atoms with E-state index in [1.165, 1.54) is 16.3 Å². The standard InChI is InChI=1S/C29H24ClFN2O2S/c1-18-7-12-25-28(13-18)36-29(33-25)19-8-10-22(11-9-19)32-16-21-14-26(34-2)27(15-23(21)30)35-17-20-5-3-4-6-24(20)31/h3-15,32H,16-17H2,1-2H3. The maximum Gasteiger partial charge on any atom is 0.163 e. The summed E-state index contributed by atoms with van der Waals surface area (Å²) in [6, 6.07) is 24.6. The Morgan fingerprint density at radius 1 is 0.944 bits per heavy atom. The van der Waals surface area contributed by atoms with Gasteiger partial charge >= 0.3 is 0 Å². The zero-order valence-corrected chi connectivity index (χ0v) is 21.4. The third-order valence-corrected chi connectivity index (χ3v) is 7.25. The van der Waals surface area contributed by atoms with E-state index in [0.29, 0.717) is 28.6 Å². The van der Waals surface area contributed by atoms with Crippen molar-refractivity contribution < 1.29 is 13.9 Å². The Hall–Kier alpha value is -3.61. The minimum Gasteiger partial charge on any atom is -0.493 e. The number of nitrogens with zero attached hydrogens (tertiary/aromatic N) is 1. The van der Waals surface area contributed by atoms with Crippen molar-refractivity contribution in [1.29, 1.82) is 0 Å². The predicted molar refractivity (Wildman–Crippen MR) is 146 cm³/mol. The summed E-state index contributed by atoms with van der Waals surface area (Å²) in [5.74, 6) is 0.687. The maximum atomic E-state index is 13.9. The van der Waals surface area contributed by atoms with Gasteiger partial charge in [-0.3, -0.25) is 0 Å². The molecule has 36 heavy (non-hydrogen) atoms. The normalized spacial score (nSPS) is 11.0. The van der Waals surface area contributed by atoms with Crippen LogP contribution in [-0.2, 0) is 13.2 Å². The van der Waals surface area contributed by atoms with E-state index in [4.69, 9.17) is 26.1 Å². The van der Waals surface area contributed by atoms with E-state index < -0.39 is 0 Å². The second-order valence-electron chi connectivity index (χ2n) is 8.40. The van der Waals surface area contributed by atoms with Crippen LogP contribution in [0.15, 0.2) is 78.9 Å². The van der Waals surface area contributed by atoms with Gasteiger partial charge < -0.3 is 14.8 Å². The Morgan fingerprint density at radius 3 is 2.53 bits per heavy atom. The topological polar surface area (TPSA) is 43.4 Å². The maximum absolute atomic E-state index is 13.9. The van der Waals surface area contributed by atoms with Gasteiger partial charge in [-0.15, -0.1) is 11.3 Å². The van der Waals surface area contributed by atoms with Gasteiger partial charge in [0.15, 0.2) is 11.5 Å². The van der Waals surface area contributed by atoms with Gasteiger partial charge in [-0.1, -0.05) is 35.9 Å². The van der Waals surface area contributed by atoms with Crippen molar-refractivity contribution in [3.05, 3.63) is 106 Å². The molecule has 0 unspecified atom stereocenters. The van der Waals surface area contributed by atoms with Crippen molar-refractivity contribution in [1.82, 2.24) is 4.98 Å². The quantitative estimate of drug-likeness (QED) is 0.224. The molecule has 0 saturated carbocycles. The lowest BCUT2D eigenvalue weighted by molar-refractivity contribution is 0.279. The summed E-state index contributed by atoms with van der Waals surface area (Å²) in [6.45, 7) is 2.67. The molecule has 0 radical (unpaired) electrons. The number of ether oxygens (including phenoxy) is 2. The fourth-order valence-corrected chi connectivity index (χ4v) is 5.13. The smallest absolute Gasteiger partial charge is 0.163 e. The van der Waals surface area contributed by atoms with Crippen LogP contribution < -0.4 is 14.8 Å². The monoisotopic (exact) mass is 518 g/mol. The summed E-state index contributed by atoms with van der Waals surface area (Å²) in [5, 5.41) is 4.94. The lowest BCUT2D eigenvalue weighted by atomic mass is 10.1. The first-order valence-corrected chi connectivity index (χ1v) is 12.6. The number of fused-ring (bicyclic) bond motifs is 1. The van der Waals surface area contributed by atoms with Crippen LogP contribution in [0, 0.1) is 12.7 Å². The molecular weight excluding hydrogens is 495 g/mol. The lowest BCUT2D eigenvalue weighted by Gasteiger charge is -2.15. The molecule has 0 amide bonds. The van der Waals surface area contributed by atoms with Crippen LogP contribution in [0.25, 0.3) is 20.8 Å². The van der Waals surface area contributed by atoms with Crippen LogP contribution in [0.4, 0.5) is 10.1 Å². The molecule has 5 aromatic rings. The summed E-state index contributed by atoms with van der Waals surface area (Å²) in [5.41, 5.74) is 5.62. The summed E-state index contributed by atoms with van der Waals surface area (Å²) in [4.78, 5) is 4.76. The second kappa shape index (κ2) is 10.6. The second-order valence-corrected chi connectivity index (χ2v) is 9.83. The first kappa shape index (κ1) is 24.1. The van der Waals surface area contributed by atoms with Crippen molar-refractivity contribution in [2.45, 2.75) is 20.1 Å². The molecule has 5 rings (SSSR count). The number of nitrogens with one attached hydrogen (secondary N) is 1. The Kier molecular flexibility index (Phi) is 7.07. The third-order valence-electron chi connectivity index (χ3n) is 5.83. The van der Waals surface area contributed by atoms with Gasteiger partial charge in [0.2, 0.25) is 0 Å². The summed E-state index contributed by atoms with van der Waals surface area (Å²) in [6.07, 6.45) is 0. The molecule has 0 aliphatic carbocycles. The molecule has 1 aromatic heterocycles. The van der Waals surface area contributed by atoms with Gasteiger partial charge in [0.1, 0.15) is 17.4 Å². The van der Waals surface area contributed by atoms with E-state index >= 15 is 0 Å². The first-order chi connectivity index (χ1) is 17.5. The van der Waals surface area contributed by atoms with E-state index in [0.717, 1.165) is 27.3 Å². The molecule has 4 nitrogen and oxygen atoms in total. The lowest BCUT2D eigenvalue weighted by Crippen LogP contribution is -2.03. The number of rotatable bonds is 8. The van der Waals surface area contributed by atoms with E-state index in [9.17, 15) is 4.39 Å². The first-order valence-electron chi connectivity index (χ1n) is 11.4. The molecular formula is C29H24ClFN2O2S. The zero-order valence-electron chi connectivity index (χ0n) is 19.8. The zero-order chi connectivity index (χ0) is 25.1. The van der Waals surface area contributed by atoms with Gasteiger partial charge in [-0.05, 0) is 66.6 Å². The number of hydrogen-bond acceptors (Lipinski definition) is 5. The van der Waals surface area contributed by atoms with Crippen LogP contribution in [0.2, 0.25) is 5.02 Å². The van der Waals surface area contributed by atoms with Crippen molar-refractivity contribution in [2.24, 2.45) is 0 Å². The molecule has 1 N–H and O–H groups in total. The fourth-order valence-electron chi connectivity index (χ4n) is 3.84. The molecule has 0 aliphatic rings. The van der Waals surface area contributed by atoms with Gasteiger partial charge in [0, 0.05) is 34.4 Å². The molecule has 182 valence electrons. The summed E-state index contributed by atoms with van der Waals surface area (Å²) >= 11 is 8.23. The summed E-state index contributed by atoms with van der Waals surface area (Å²) in [7, 11) is 1.57. The molecule has 0 fully saturated rings. The van der Waals surface area contributed by atoms with Crippen LogP contribution in [0.1, 0.15) is 16.7 Å². The number of halogens is 2. The number of thiazole rings is 1. The van der Waals surface area contributed by atoms with Crippen molar-refractivity contribution in [3.63, 3.8) is 0 Å². The van der Waals surface area contributed by atoms with Gasteiger partial charge in [-0.2, -0.15) is 0 Å². The Morgan fingerprint density at radius 2 is 1.75 bits per heavy atom. The molecule has 0 aliphatic heterocycles. The Balaban J connectivity index is 1.26. The fraction of sp³-hybridized carbons (Fsp3) is 0.138. The van der Waals surface area contributed by atoms with Crippen LogP contribution >= 0.6 is 22.9 Å². The van der Waals surface area contributed by atoms with E-state index in [1.807, 2.05) is 18.2 Å².